The number of carbonyl (C=O) groups excluding carboxylic acids is 1. The second kappa shape index (κ2) is 8.70. The van der Waals surface area contributed by atoms with Gasteiger partial charge in [0, 0.05) is 18.8 Å². The van der Waals surface area contributed by atoms with E-state index in [2.05, 4.69) is 5.32 Å². The Morgan fingerprint density at radius 3 is 2.38 bits per heavy atom. The third-order valence-corrected chi connectivity index (χ3v) is 4.49. The fourth-order valence-electron chi connectivity index (χ4n) is 2.19. The van der Waals surface area contributed by atoms with Crippen molar-refractivity contribution in [3.8, 4) is 0 Å². The zero-order valence-electron chi connectivity index (χ0n) is 14.1. The molecular weight excluding hydrogens is 292 g/mol. The van der Waals surface area contributed by atoms with E-state index in [-0.39, 0.29) is 17.8 Å². The molecule has 0 aromatic rings. The number of nitrogens with one attached hydrogen (secondary N) is 1. The average Bonchev–Trinajstić information content (AvgIpc) is 2.35. The molecule has 0 rings (SSSR count). The molecule has 0 aromatic carbocycles. The van der Waals surface area contributed by atoms with E-state index in [1.807, 2.05) is 32.7 Å². The van der Waals surface area contributed by atoms with Gasteiger partial charge in [-0.05, 0) is 40.8 Å². The van der Waals surface area contributed by atoms with Crippen LogP contribution < -0.4 is 5.32 Å². The predicted octanol–water partition coefficient (Wildman–Crippen LogP) is 0.673. The highest BCUT2D eigenvalue weighted by Crippen LogP contribution is 2.18. The molecular formula is C14H30N2O4S. The van der Waals surface area contributed by atoms with Crippen molar-refractivity contribution in [2.24, 2.45) is 0 Å². The molecule has 0 bridgehead atoms. The molecule has 0 aliphatic carbocycles. The molecule has 7 heteroatoms. The van der Waals surface area contributed by atoms with Gasteiger partial charge < -0.3 is 15.0 Å². The first-order valence-electron chi connectivity index (χ1n) is 7.36. The van der Waals surface area contributed by atoms with Gasteiger partial charge in [-0.25, -0.2) is 8.42 Å². The minimum Gasteiger partial charge on any atom is -0.465 e. The summed E-state index contributed by atoms with van der Waals surface area (Å²) in [5, 5.41) is 3.18. The molecule has 2 atom stereocenters. The molecule has 0 amide bonds. The van der Waals surface area contributed by atoms with Crippen LogP contribution in [0.2, 0.25) is 0 Å². The molecule has 0 saturated carbocycles. The highest BCUT2D eigenvalue weighted by Gasteiger charge is 2.36. The van der Waals surface area contributed by atoms with Crippen molar-refractivity contribution in [3.05, 3.63) is 0 Å². The molecule has 0 aliphatic rings. The molecule has 2 unspecified atom stereocenters. The zero-order chi connectivity index (χ0) is 16.7. The number of sulfone groups is 1. The smallest absolute Gasteiger partial charge is 0.326 e. The summed E-state index contributed by atoms with van der Waals surface area (Å²) in [6.45, 7) is 8.99. The normalized spacial score (nSPS) is 16.5. The minimum absolute atomic E-state index is 0.0557. The number of nitrogens with zero attached hydrogens (tertiary/aromatic N) is 1. The molecule has 0 radical (unpaired) electrons. The number of rotatable bonds is 10. The lowest BCUT2D eigenvalue weighted by Crippen LogP contribution is -2.54. The number of ether oxygens (including phenoxy) is 1. The second-order valence-electron chi connectivity index (χ2n) is 5.75. The first kappa shape index (κ1) is 20.3. The number of hydrogen-bond donors (Lipinski definition) is 1. The Bertz CT molecular complexity index is 425. The maximum Gasteiger partial charge on any atom is 0.326 e. The molecule has 21 heavy (non-hydrogen) atoms. The van der Waals surface area contributed by atoms with Crippen LogP contribution in [0.15, 0.2) is 0 Å². The lowest BCUT2D eigenvalue weighted by atomic mass is 9.93. The Kier molecular flexibility index (Phi) is 8.43. The lowest BCUT2D eigenvalue weighted by Gasteiger charge is -2.34. The number of likely N-dealkylation sites (N-methyl/N-ethyl adjacent to an activating group) is 1. The van der Waals surface area contributed by atoms with E-state index in [4.69, 9.17) is 4.74 Å². The second-order valence-corrected chi connectivity index (χ2v) is 8.01. The summed E-state index contributed by atoms with van der Waals surface area (Å²) in [6, 6.07) is 0.0557. The van der Waals surface area contributed by atoms with Crippen molar-refractivity contribution in [2.45, 2.75) is 45.7 Å². The summed E-state index contributed by atoms with van der Waals surface area (Å²) < 4.78 is 27.6. The Hall–Kier alpha value is -0.660. The molecule has 1 N–H and O–H groups in total. The van der Waals surface area contributed by atoms with Gasteiger partial charge in [0.2, 0.25) is 0 Å². The standard InChI is InChI=1S/C14H30N2O4S/c1-7-15-14(4,13(17)20-8-2)11-12(3)16(5)9-10-21(6,18)19/h12,15H,7-11H2,1-6H3. The summed E-state index contributed by atoms with van der Waals surface area (Å²) in [5.74, 6) is -0.152. The molecule has 0 heterocycles. The van der Waals surface area contributed by atoms with Gasteiger partial charge in [0.05, 0.1) is 12.4 Å². The number of carbonyl (C=O) groups is 1. The van der Waals surface area contributed by atoms with E-state index in [1.54, 1.807) is 6.92 Å². The van der Waals surface area contributed by atoms with Gasteiger partial charge in [0.25, 0.3) is 0 Å². The van der Waals surface area contributed by atoms with Gasteiger partial charge in [0.1, 0.15) is 15.4 Å². The summed E-state index contributed by atoms with van der Waals surface area (Å²) >= 11 is 0. The third-order valence-electron chi connectivity index (χ3n) is 3.56. The SMILES string of the molecule is CCNC(C)(CC(C)N(C)CCS(C)(=O)=O)C(=O)OCC. The van der Waals surface area contributed by atoms with Crippen molar-refractivity contribution in [3.63, 3.8) is 0 Å². The van der Waals surface area contributed by atoms with Gasteiger partial charge in [-0.3, -0.25) is 4.79 Å². The predicted molar refractivity (Wildman–Crippen MR) is 85.1 cm³/mol. The third kappa shape index (κ3) is 7.78. The van der Waals surface area contributed by atoms with E-state index in [0.29, 0.717) is 26.1 Å². The highest BCUT2D eigenvalue weighted by molar-refractivity contribution is 7.90. The largest absolute Gasteiger partial charge is 0.465 e. The van der Waals surface area contributed by atoms with Gasteiger partial charge in [0.15, 0.2) is 0 Å². The van der Waals surface area contributed by atoms with Crippen LogP contribution in [0, 0.1) is 0 Å². The van der Waals surface area contributed by atoms with Gasteiger partial charge in [-0.2, -0.15) is 0 Å². The monoisotopic (exact) mass is 322 g/mol. The van der Waals surface area contributed by atoms with Crippen molar-refractivity contribution >= 4 is 15.8 Å². The van der Waals surface area contributed by atoms with Gasteiger partial charge in [-0.1, -0.05) is 6.92 Å². The fourth-order valence-corrected chi connectivity index (χ4v) is 2.80. The van der Waals surface area contributed by atoms with Crippen molar-refractivity contribution < 1.29 is 17.9 Å². The van der Waals surface area contributed by atoms with Crippen LogP contribution in [0.4, 0.5) is 0 Å². The maximum atomic E-state index is 12.1. The van der Waals surface area contributed by atoms with Crippen molar-refractivity contribution in [2.75, 3.05) is 38.8 Å². The zero-order valence-corrected chi connectivity index (χ0v) is 14.9. The van der Waals surface area contributed by atoms with Crippen LogP contribution in [-0.2, 0) is 19.4 Å². The molecule has 0 spiro atoms. The van der Waals surface area contributed by atoms with E-state index in [9.17, 15) is 13.2 Å². The Balaban J connectivity index is 4.73. The van der Waals surface area contributed by atoms with E-state index < -0.39 is 15.4 Å². The maximum absolute atomic E-state index is 12.1. The number of esters is 1. The van der Waals surface area contributed by atoms with Crippen LogP contribution in [-0.4, -0.2) is 69.6 Å². The topological polar surface area (TPSA) is 75.7 Å². The highest BCUT2D eigenvalue weighted by atomic mass is 32.2. The van der Waals surface area contributed by atoms with Crippen LogP contribution in [0.25, 0.3) is 0 Å². The van der Waals surface area contributed by atoms with E-state index in [0.717, 1.165) is 0 Å². The fraction of sp³-hybridized carbons (Fsp3) is 0.929. The Morgan fingerprint density at radius 1 is 1.38 bits per heavy atom. The van der Waals surface area contributed by atoms with Gasteiger partial charge in [-0.15, -0.1) is 0 Å². The number of hydrogen-bond acceptors (Lipinski definition) is 6. The summed E-state index contributed by atoms with van der Waals surface area (Å²) in [5.41, 5.74) is -0.760. The van der Waals surface area contributed by atoms with Crippen molar-refractivity contribution in [1.29, 1.82) is 0 Å². The van der Waals surface area contributed by atoms with Gasteiger partial charge >= 0.3 is 5.97 Å². The minimum atomic E-state index is -2.98. The van der Waals surface area contributed by atoms with Crippen LogP contribution >= 0.6 is 0 Å². The summed E-state index contributed by atoms with van der Waals surface area (Å²) in [6.07, 6.45) is 1.78. The van der Waals surface area contributed by atoms with Crippen molar-refractivity contribution in [1.82, 2.24) is 10.2 Å². The Morgan fingerprint density at radius 2 is 1.95 bits per heavy atom. The van der Waals surface area contributed by atoms with Crippen LogP contribution in [0.5, 0.6) is 0 Å². The lowest BCUT2D eigenvalue weighted by molar-refractivity contribution is -0.151. The Labute approximate surface area is 129 Å². The first-order valence-corrected chi connectivity index (χ1v) is 9.42. The summed E-state index contributed by atoms with van der Waals surface area (Å²) in [4.78, 5) is 14.1. The first-order chi connectivity index (χ1) is 9.55. The van der Waals surface area contributed by atoms with Crippen LogP contribution in [0.1, 0.15) is 34.1 Å². The molecule has 0 aliphatic heterocycles. The molecule has 0 fully saturated rings. The van der Waals surface area contributed by atoms with E-state index >= 15 is 0 Å². The van der Waals surface area contributed by atoms with Crippen LogP contribution in [0.3, 0.4) is 0 Å². The molecule has 0 aromatic heterocycles. The molecule has 0 saturated heterocycles. The molecule has 6 nitrogen and oxygen atoms in total. The summed E-state index contributed by atoms with van der Waals surface area (Å²) in [7, 11) is -1.11. The quantitative estimate of drug-likeness (QED) is 0.596. The average molecular weight is 322 g/mol. The van der Waals surface area contributed by atoms with E-state index in [1.165, 1.54) is 6.26 Å². The molecule has 126 valence electrons.